The second-order valence-corrected chi connectivity index (χ2v) is 8.80. The fraction of sp³-hybridized carbons (Fsp3) is 0.316. The van der Waals surface area contributed by atoms with E-state index < -0.39 is 0 Å². The van der Waals surface area contributed by atoms with Crippen LogP contribution in [0.1, 0.15) is 22.9 Å². The molecule has 3 heterocycles. The molecule has 0 N–H and O–H groups in total. The Bertz CT molecular complexity index is 966. The van der Waals surface area contributed by atoms with Crippen LogP contribution in [-0.2, 0) is 11.2 Å². The Balaban J connectivity index is 1.61. The first kappa shape index (κ1) is 16.5. The zero-order valence-corrected chi connectivity index (χ0v) is 16.1. The van der Waals surface area contributed by atoms with Gasteiger partial charge in [-0.15, -0.1) is 11.3 Å². The van der Waals surface area contributed by atoms with E-state index in [0.717, 1.165) is 33.9 Å². The molecule has 1 aromatic carbocycles. The van der Waals surface area contributed by atoms with Crippen molar-refractivity contribution in [3.8, 4) is 0 Å². The fourth-order valence-corrected chi connectivity index (χ4v) is 5.34. The summed E-state index contributed by atoms with van der Waals surface area (Å²) in [6.07, 6.45) is 2.53. The third-order valence-electron chi connectivity index (χ3n) is 4.72. The highest BCUT2D eigenvalue weighted by Gasteiger charge is 2.29. The number of aromatic nitrogens is 2. The molecule has 4 rings (SSSR count). The highest BCUT2D eigenvalue weighted by atomic mass is 32.2. The van der Waals surface area contributed by atoms with Gasteiger partial charge in [-0.05, 0) is 44.4 Å². The molecule has 1 amide bonds. The summed E-state index contributed by atoms with van der Waals surface area (Å²) >= 11 is 3.22. The van der Waals surface area contributed by atoms with Crippen LogP contribution in [0.25, 0.3) is 10.2 Å². The van der Waals surface area contributed by atoms with E-state index >= 15 is 0 Å². The van der Waals surface area contributed by atoms with Gasteiger partial charge in [0, 0.05) is 22.5 Å². The molecule has 128 valence electrons. The number of carbonyl (C=O) groups is 1. The number of carbonyl (C=O) groups excluding carboxylic acids is 1. The molecule has 0 spiro atoms. The molecule has 0 unspecified atom stereocenters. The number of rotatable bonds is 3. The van der Waals surface area contributed by atoms with Gasteiger partial charge in [0.25, 0.3) is 0 Å². The smallest absolute Gasteiger partial charge is 0.240 e. The molecule has 0 bridgehead atoms. The Kier molecular flexibility index (Phi) is 4.25. The van der Waals surface area contributed by atoms with Crippen molar-refractivity contribution in [1.82, 2.24) is 9.97 Å². The molecule has 0 saturated carbocycles. The van der Waals surface area contributed by atoms with Crippen LogP contribution in [0.15, 0.2) is 35.6 Å². The minimum atomic E-state index is -0.191. The summed E-state index contributed by atoms with van der Waals surface area (Å²) < 4.78 is 0. The molecule has 0 saturated heterocycles. The maximum atomic E-state index is 13.0. The molecule has 0 fully saturated rings. The van der Waals surface area contributed by atoms with Gasteiger partial charge >= 0.3 is 0 Å². The second-order valence-electron chi connectivity index (χ2n) is 6.27. The van der Waals surface area contributed by atoms with Crippen LogP contribution in [0, 0.1) is 13.8 Å². The normalized spacial score (nSPS) is 14.8. The molecule has 1 atom stereocenters. The van der Waals surface area contributed by atoms with Crippen LogP contribution < -0.4 is 4.90 Å². The number of para-hydroxylation sites is 1. The van der Waals surface area contributed by atoms with Gasteiger partial charge in [-0.3, -0.25) is 4.79 Å². The number of hydrogen-bond donors (Lipinski definition) is 0. The van der Waals surface area contributed by atoms with E-state index in [0.29, 0.717) is 0 Å². The van der Waals surface area contributed by atoms with Gasteiger partial charge in [0.05, 0.1) is 5.25 Å². The van der Waals surface area contributed by atoms with Gasteiger partial charge in [0.1, 0.15) is 16.2 Å². The van der Waals surface area contributed by atoms with Crippen molar-refractivity contribution in [1.29, 1.82) is 0 Å². The predicted molar refractivity (Wildman–Crippen MR) is 105 cm³/mol. The average molecular weight is 370 g/mol. The third kappa shape index (κ3) is 2.83. The lowest BCUT2D eigenvalue weighted by molar-refractivity contribution is -0.117. The molecule has 4 nitrogen and oxygen atoms in total. The van der Waals surface area contributed by atoms with Crippen LogP contribution in [0.2, 0.25) is 0 Å². The maximum absolute atomic E-state index is 13.0. The number of thiophene rings is 1. The van der Waals surface area contributed by atoms with Gasteiger partial charge in [-0.2, -0.15) is 0 Å². The summed E-state index contributed by atoms with van der Waals surface area (Å²) in [7, 11) is 0. The van der Waals surface area contributed by atoms with Crippen molar-refractivity contribution in [3.63, 3.8) is 0 Å². The lowest BCUT2D eigenvalue weighted by Crippen LogP contribution is -2.35. The van der Waals surface area contributed by atoms with Gasteiger partial charge < -0.3 is 4.90 Å². The number of aryl methyl sites for hydroxylation is 2. The van der Waals surface area contributed by atoms with E-state index in [4.69, 9.17) is 0 Å². The Hall–Kier alpha value is -1.92. The summed E-state index contributed by atoms with van der Waals surface area (Å²) in [4.78, 5) is 26.0. The molecule has 6 heteroatoms. The van der Waals surface area contributed by atoms with Crippen LogP contribution in [0.4, 0.5) is 5.69 Å². The Morgan fingerprint density at radius 3 is 2.92 bits per heavy atom. The first-order valence-electron chi connectivity index (χ1n) is 8.33. The number of anilines is 1. The van der Waals surface area contributed by atoms with E-state index in [2.05, 4.69) is 29.9 Å². The topological polar surface area (TPSA) is 46.1 Å². The zero-order valence-electron chi connectivity index (χ0n) is 14.4. The quantitative estimate of drug-likeness (QED) is 0.508. The predicted octanol–water partition coefficient (Wildman–Crippen LogP) is 4.38. The summed E-state index contributed by atoms with van der Waals surface area (Å²) in [6.45, 7) is 6.94. The average Bonchev–Trinajstić information content (AvgIpc) is 3.16. The molecule has 2 aromatic heterocycles. The first-order valence-corrected chi connectivity index (χ1v) is 10.0. The largest absolute Gasteiger partial charge is 0.311 e. The lowest BCUT2D eigenvalue weighted by Gasteiger charge is -2.21. The standard InChI is InChI=1S/C19H19N3OS2/c1-11-12(2)24-17-16(11)18(21-10-20-17)25-13(3)19(23)22-9-8-14-6-4-5-7-15(14)22/h4-7,10,13H,8-9H2,1-3H3/t13-/m0/s1. The second kappa shape index (κ2) is 6.42. The van der Waals surface area contributed by atoms with Crippen molar-refractivity contribution in [2.24, 2.45) is 0 Å². The van der Waals surface area contributed by atoms with Gasteiger partial charge in [0.15, 0.2) is 0 Å². The van der Waals surface area contributed by atoms with Crippen molar-refractivity contribution in [3.05, 3.63) is 46.6 Å². The number of benzene rings is 1. The molecule has 25 heavy (non-hydrogen) atoms. The Morgan fingerprint density at radius 1 is 1.28 bits per heavy atom. The molecular weight excluding hydrogens is 350 g/mol. The molecule has 3 aromatic rings. The minimum Gasteiger partial charge on any atom is -0.311 e. The lowest BCUT2D eigenvalue weighted by atomic mass is 10.2. The van der Waals surface area contributed by atoms with Crippen molar-refractivity contribution >= 4 is 44.9 Å². The number of fused-ring (bicyclic) bond motifs is 2. The van der Waals surface area contributed by atoms with Crippen LogP contribution >= 0.6 is 23.1 Å². The van der Waals surface area contributed by atoms with E-state index in [9.17, 15) is 4.79 Å². The van der Waals surface area contributed by atoms with Crippen LogP contribution in [0.3, 0.4) is 0 Å². The summed E-state index contributed by atoms with van der Waals surface area (Å²) in [5.74, 6) is 0.145. The summed E-state index contributed by atoms with van der Waals surface area (Å²) in [5.41, 5.74) is 3.52. The number of thioether (sulfide) groups is 1. The van der Waals surface area contributed by atoms with Crippen molar-refractivity contribution in [2.45, 2.75) is 37.5 Å². The minimum absolute atomic E-state index is 0.145. The first-order chi connectivity index (χ1) is 12.1. The van der Waals surface area contributed by atoms with E-state index in [1.165, 1.54) is 27.8 Å². The summed E-state index contributed by atoms with van der Waals surface area (Å²) in [6, 6.07) is 8.16. The number of hydrogen-bond acceptors (Lipinski definition) is 5. The Labute approximate surface area is 155 Å². The van der Waals surface area contributed by atoms with E-state index in [1.807, 2.05) is 30.0 Å². The van der Waals surface area contributed by atoms with E-state index in [1.54, 1.807) is 17.7 Å². The highest BCUT2D eigenvalue weighted by Crippen LogP contribution is 2.37. The monoisotopic (exact) mass is 369 g/mol. The van der Waals surface area contributed by atoms with Crippen LogP contribution in [0.5, 0.6) is 0 Å². The number of nitrogens with zero attached hydrogens (tertiary/aromatic N) is 3. The maximum Gasteiger partial charge on any atom is 0.240 e. The summed E-state index contributed by atoms with van der Waals surface area (Å²) in [5, 5.41) is 1.81. The molecule has 0 radical (unpaired) electrons. The fourth-order valence-electron chi connectivity index (χ4n) is 3.24. The third-order valence-corrected chi connectivity index (χ3v) is 6.92. The number of amides is 1. The molecule has 1 aliphatic rings. The Morgan fingerprint density at radius 2 is 2.08 bits per heavy atom. The molecular formula is C19H19N3OS2. The highest BCUT2D eigenvalue weighted by molar-refractivity contribution is 8.00. The van der Waals surface area contributed by atoms with Gasteiger partial charge in [-0.1, -0.05) is 30.0 Å². The molecule has 1 aliphatic heterocycles. The van der Waals surface area contributed by atoms with Crippen LogP contribution in [-0.4, -0.2) is 27.7 Å². The zero-order chi connectivity index (χ0) is 17.6. The molecule has 0 aliphatic carbocycles. The SMILES string of the molecule is Cc1sc2ncnc(S[C@@H](C)C(=O)N3CCc4ccccc43)c2c1C. The van der Waals surface area contributed by atoms with Crippen molar-refractivity contribution < 1.29 is 4.79 Å². The van der Waals surface area contributed by atoms with E-state index in [-0.39, 0.29) is 11.2 Å². The van der Waals surface area contributed by atoms with Gasteiger partial charge in [-0.25, -0.2) is 9.97 Å². The van der Waals surface area contributed by atoms with Crippen molar-refractivity contribution in [2.75, 3.05) is 11.4 Å². The van der Waals surface area contributed by atoms with Gasteiger partial charge in [0.2, 0.25) is 5.91 Å².